The van der Waals surface area contributed by atoms with Gasteiger partial charge in [0, 0.05) is 22.1 Å². The van der Waals surface area contributed by atoms with Gasteiger partial charge in [0.2, 0.25) is 0 Å². The number of phenolic OH excluding ortho intramolecular Hbond substituents is 2. The van der Waals surface area contributed by atoms with Gasteiger partial charge in [0.05, 0.1) is 42.3 Å². The van der Waals surface area contributed by atoms with Crippen molar-refractivity contribution in [2.75, 3.05) is 11.5 Å². The van der Waals surface area contributed by atoms with Crippen LogP contribution in [0.2, 0.25) is 0 Å². The average Bonchev–Trinajstić information content (AvgIpc) is 3.12. The maximum absolute atomic E-state index is 12.0. The number of fused-ring (bicyclic) bond motifs is 2. The van der Waals surface area contributed by atoms with Crippen molar-refractivity contribution in [1.29, 1.82) is 0 Å². The van der Waals surface area contributed by atoms with Crippen LogP contribution in [-0.4, -0.2) is 62.1 Å². The van der Waals surface area contributed by atoms with Gasteiger partial charge in [-0.15, -0.1) is 10.2 Å². The summed E-state index contributed by atoms with van der Waals surface area (Å²) in [7, 11) is -20.8. The van der Waals surface area contributed by atoms with Crippen molar-refractivity contribution in [2.45, 2.75) is 19.6 Å². The van der Waals surface area contributed by atoms with Crippen LogP contribution in [0.1, 0.15) is 0 Å². The predicted molar refractivity (Wildman–Crippen MR) is 197 cm³/mol. The Kier molecular flexibility index (Phi) is 19.0. The summed E-state index contributed by atoms with van der Waals surface area (Å²) in [5.74, 6) is -1.84. The summed E-state index contributed by atoms with van der Waals surface area (Å²) >= 11 is 0. The maximum Gasteiger partial charge on any atom is 1.00 e. The Labute approximate surface area is 440 Å². The zero-order chi connectivity index (χ0) is 42.5. The van der Waals surface area contributed by atoms with Crippen LogP contribution in [0.25, 0.3) is 21.5 Å². The SMILES string of the molecule is Nc1cc(S(=O)(=O)[O-])cc2cc(S(=O)(=O)[O-])c(N=Nc3ccc(N=Nc4ccc(N=Nc5c(S(=O)(=O)[O-])cc6cc(S(=O)(=O)[O-])cc(N)c6c5O)cc4)cc3)c(O)c12.[Na+].[Na+].[Na+].[Na+]. The van der Waals surface area contributed by atoms with Crippen LogP contribution in [0, 0.1) is 0 Å². The Hall–Kier alpha value is -2.52. The summed E-state index contributed by atoms with van der Waals surface area (Å²) in [6.45, 7) is 0. The Bertz CT molecular complexity index is 3050. The molecular weight excluding hydrogens is 941 g/mol. The van der Waals surface area contributed by atoms with Crippen molar-refractivity contribution in [3.63, 3.8) is 0 Å². The second-order valence-electron chi connectivity index (χ2n) is 11.8. The molecule has 300 valence electrons. The fraction of sp³-hybridized carbons (Fsp3) is 0. The average molecular weight is 961 g/mol. The quantitative estimate of drug-likeness (QED) is 0.0429. The fourth-order valence-electron chi connectivity index (χ4n) is 5.35. The van der Waals surface area contributed by atoms with Crippen molar-refractivity contribution < 1.29 is 180 Å². The van der Waals surface area contributed by atoms with Gasteiger partial charge in [0.15, 0.2) is 11.5 Å². The molecule has 0 unspecified atom stereocenters. The number of nitrogens with zero attached hydrogens (tertiary/aromatic N) is 6. The summed E-state index contributed by atoms with van der Waals surface area (Å²) in [6, 6.07) is 15.5. The molecule has 0 heterocycles. The van der Waals surface area contributed by atoms with Crippen molar-refractivity contribution in [3.8, 4) is 11.5 Å². The number of anilines is 2. The number of phenols is 2. The molecule has 0 spiro atoms. The molecule has 0 amide bonds. The van der Waals surface area contributed by atoms with Gasteiger partial charge in [-0.1, -0.05) is 0 Å². The predicted octanol–water partition coefficient (Wildman–Crippen LogP) is -6.55. The summed E-state index contributed by atoms with van der Waals surface area (Å²) in [6.07, 6.45) is 0. The van der Waals surface area contributed by atoms with Crippen LogP contribution in [0.5, 0.6) is 11.5 Å². The Morgan fingerprint density at radius 3 is 0.903 bits per heavy atom. The first-order valence-corrected chi connectivity index (χ1v) is 21.0. The largest absolute Gasteiger partial charge is 1.00 e. The summed E-state index contributed by atoms with van der Waals surface area (Å²) < 4.78 is 141. The van der Waals surface area contributed by atoms with Gasteiger partial charge in [-0.3, -0.25) is 0 Å². The third-order valence-corrected chi connectivity index (χ3v) is 11.3. The molecule has 0 bridgehead atoms. The van der Waals surface area contributed by atoms with Crippen molar-refractivity contribution in [3.05, 3.63) is 84.9 Å². The topological polar surface area (TPSA) is 395 Å². The molecule has 0 aliphatic rings. The number of benzene rings is 6. The third-order valence-electron chi connectivity index (χ3n) is 7.94. The van der Waals surface area contributed by atoms with E-state index in [4.69, 9.17) is 11.5 Å². The van der Waals surface area contributed by atoms with E-state index >= 15 is 0 Å². The second-order valence-corrected chi connectivity index (χ2v) is 17.3. The van der Waals surface area contributed by atoms with Gasteiger partial charge in [0.25, 0.3) is 0 Å². The van der Waals surface area contributed by atoms with E-state index in [1.807, 2.05) is 0 Å². The number of azo groups is 3. The number of rotatable bonds is 10. The Morgan fingerprint density at radius 2 is 0.661 bits per heavy atom. The first kappa shape index (κ1) is 55.6. The van der Waals surface area contributed by atoms with Crippen LogP contribution in [-0.2, 0) is 40.5 Å². The van der Waals surface area contributed by atoms with Crippen molar-refractivity contribution in [2.24, 2.45) is 30.7 Å². The minimum absolute atomic E-state index is 0. The summed E-state index contributed by atoms with van der Waals surface area (Å²) in [5.41, 5.74) is 9.89. The molecule has 0 radical (unpaired) electrons. The Balaban J connectivity index is 0.00000331. The standard InChI is InChI=1S/C32H24N8O14S4.4Na/c33-23-13-21(55(43,44)45)9-15-11-25(57(49,50)51)29(31(41)27(15)23)39-37-19-5-1-17(2-6-19)35-36-18-3-7-20(8-4-18)38-40-30-26(58(52,53)54)12-16-10-22(56(46,47)48)14-24(34)28(16)32(30)42;;;;/h1-14,41-42H,33-34H2,(H,43,44,45)(H,46,47,48)(H,49,50,51)(H,52,53,54);;;;/q;4*+1/p-4. The second kappa shape index (κ2) is 21.2. The fourth-order valence-corrected chi connectivity index (χ4v) is 7.72. The van der Waals surface area contributed by atoms with Gasteiger partial charge in [-0.05, 0) is 95.7 Å². The maximum atomic E-state index is 12.0. The monoisotopic (exact) mass is 960 g/mol. The van der Waals surface area contributed by atoms with Crippen LogP contribution in [0.3, 0.4) is 0 Å². The molecule has 0 atom stereocenters. The molecule has 0 aromatic heterocycles. The molecule has 6 rings (SSSR count). The molecule has 62 heavy (non-hydrogen) atoms. The van der Waals surface area contributed by atoms with E-state index < -0.39 is 94.3 Å². The zero-order valence-electron chi connectivity index (χ0n) is 32.3. The van der Waals surface area contributed by atoms with Crippen LogP contribution >= 0.6 is 0 Å². The third kappa shape index (κ3) is 12.6. The van der Waals surface area contributed by atoms with E-state index in [1.165, 1.54) is 48.5 Å². The van der Waals surface area contributed by atoms with Gasteiger partial charge in [-0.25, -0.2) is 33.7 Å². The minimum atomic E-state index is -5.34. The minimum Gasteiger partial charge on any atom is -0.744 e. The molecule has 6 aromatic carbocycles. The number of nitrogen functional groups attached to an aromatic ring is 2. The Morgan fingerprint density at radius 1 is 0.403 bits per heavy atom. The van der Waals surface area contributed by atoms with Gasteiger partial charge in [0.1, 0.15) is 51.8 Å². The number of hydrogen-bond acceptors (Lipinski definition) is 22. The number of hydrogen-bond donors (Lipinski definition) is 4. The smallest absolute Gasteiger partial charge is 0.744 e. The molecule has 0 fully saturated rings. The van der Waals surface area contributed by atoms with E-state index in [9.17, 15) is 62.1 Å². The summed E-state index contributed by atoms with van der Waals surface area (Å²) in [5, 5.41) is 43.6. The first-order chi connectivity index (χ1) is 26.9. The van der Waals surface area contributed by atoms with E-state index in [2.05, 4.69) is 30.7 Å². The van der Waals surface area contributed by atoms with Crippen LogP contribution < -0.4 is 130 Å². The van der Waals surface area contributed by atoms with E-state index in [0.717, 1.165) is 24.3 Å². The van der Waals surface area contributed by atoms with Gasteiger partial charge in [-0.2, -0.15) is 20.5 Å². The molecule has 30 heteroatoms. The molecular formula is C32H20N8Na4O14S4. The van der Waals surface area contributed by atoms with Crippen molar-refractivity contribution in [1.82, 2.24) is 0 Å². The van der Waals surface area contributed by atoms with E-state index in [1.54, 1.807) is 0 Å². The van der Waals surface area contributed by atoms with Gasteiger partial charge >= 0.3 is 118 Å². The number of nitrogens with two attached hydrogens (primary N) is 2. The molecule has 0 saturated heterocycles. The molecule has 6 N–H and O–H groups in total. The summed E-state index contributed by atoms with van der Waals surface area (Å²) in [4.78, 5) is -3.81. The van der Waals surface area contributed by atoms with Gasteiger partial charge < -0.3 is 39.9 Å². The van der Waals surface area contributed by atoms with Crippen LogP contribution in [0.15, 0.2) is 135 Å². The molecule has 0 aliphatic heterocycles. The molecule has 6 aromatic rings. The molecule has 0 saturated carbocycles. The first-order valence-electron chi connectivity index (χ1n) is 15.4. The van der Waals surface area contributed by atoms with E-state index in [0.29, 0.717) is 12.1 Å². The molecule has 22 nitrogen and oxygen atoms in total. The zero-order valence-corrected chi connectivity index (χ0v) is 43.6. The molecule has 0 aliphatic carbocycles. The number of aromatic hydroxyl groups is 2. The normalized spacial score (nSPS) is 12.3. The van der Waals surface area contributed by atoms with Crippen LogP contribution in [0.4, 0.5) is 45.5 Å². The van der Waals surface area contributed by atoms with Crippen molar-refractivity contribution >= 4 is 108 Å². The van der Waals surface area contributed by atoms with E-state index in [-0.39, 0.29) is 163 Å².